The molecule has 1 heteroatoms. The van der Waals surface area contributed by atoms with Crippen molar-refractivity contribution in [2.45, 2.75) is 58.8 Å². The number of aryl methyl sites for hydroxylation is 1. The third kappa shape index (κ3) is 5.32. The highest BCUT2D eigenvalue weighted by Crippen LogP contribution is 2.30. The van der Waals surface area contributed by atoms with Crippen LogP contribution in [-0.4, -0.2) is 13.1 Å². The molecule has 2 rings (SSSR count). The van der Waals surface area contributed by atoms with E-state index in [0.717, 1.165) is 25.4 Å². The van der Waals surface area contributed by atoms with Crippen molar-refractivity contribution >= 4 is 6.08 Å². The summed E-state index contributed by atoms with van der Waals surface area (Å²) in [7, 11) is 0. The van der Waals surface area contributed by atoms with Gasteiger partial charge in [0.1, 0.15) is 0 Å². The summed E-state index contributed by atoms with van der Waals surface area (Å²) in [5, 5.41) is 3.61. The van der Waals surface area contributed by atoms with Crippen LogP contribution in [-0.2, 0) is 6.42 Å². The fourth-order valence-electron chi connectivity index (χ4n) is 3.26. The van der Waals surface area contributed by atoms with Crippen LogP contribution in [0.5, 0.6) is 0 Å². The van der Waals surface area contributed by atoms with E-state index < -0.39 is 0 Å². The Hall–Kier alpha value is -1.08. The van der Waals surface area contributed by atoms with Crippen LogP contribution in [0.4, 0.5) is 0 Å². The maximum absolute atomic E-state index is 3.61. The number of benzene rings is 1. The Morgan fingerprint density at radius 3 is 2.43 bits per heavy atom. The molecule has 21 heavy (non-hydrogen) atoms. The molecular weight excluding hydrogens is 254 g/mol. The van der Waals surface area contributed by atoms with E-state index in [4.69, 9.17) is 0 Å². The molecule has 0 aliphatic heterocycles. The molecule has 0 atom stereocenters. The zero-order valence-corrected chi connectivity index (χ0v) is 13.8. The van der Waals surface area contributed by atoms with E-state index in [-0.39, 0.29) is 0 Å². The molecule has 0 unspecified atom stereocenters. The second-order valence-corrected chi connectivity index (χ2v) is 6.33. The Labute approximate surface area is 130 Å². The van der Waals surface area contributed by atoms with Gasteiger partial charge < -0.3 is 5.32 Å². The minimum Gasteiger partial charge on any atom is -0.313 e. The zero-order valence-electron chi connectivity index (χ0n) is 13.8. The highest BCUT2D eigenvalue weighted by Gasteiger charge is 2.17. The maximum Gasteiger partial charge on any atom is 0.0170 e. The van der Waals surface area contributed by atoms with Crippen LogP contribution < -0.4 is 5.32 Å². The molecule has 1 nitrogen and oxygen atoms in total. The molecule has 1 aliphatic rings. The third-order valence-corrected chi connectivity index (χ3v) is 4.63. The van der Waals surface area contributed by atoms with Crippen LogP contribution in [0.2, 0.25) is 0 Å². The van der Waals surface area contributed by atoms with Crippen molar-refractivity contribution in [3.05, 3.63) is 41.0 Å². The quantitative estimate of drug-likeness (QED) is 0.678. The van der Waals surface area contributed by atoms with Gasteiger partial charge in [-0.05, 0) is 49.3 Å². The average Bonchev–Trinajstić information content (AvgIpc) is 2.55. The molecule has 0 saturated heterocycles. The average molecular weight is 285 g/mol. The van der Waals surface area contributed by atoms with Crippen LogP contribution >= 0.6 is 0 Å². The van der Waals surface area contributed by atoms with E-state index >= 15 is 0 Å². The van der Waals surface area contributed by atoms with Crippen LogP contribution in [0.3, 0.4) is 0 Å². The summed E-state index contributed by atoms with van der Waals surface area (Å²) in [6, 6.07) is 9.09. The lowest BCUT2D eigenvalue weighted by Crippen LogP contribution is -2.23. The molecule has 0 aromatic heterocycles. The van der Waals surface area contributed by atoms with Gasteiger partial charge in [-0.1, -0.05) is 69.0 Å². The van der Waals surface area contributed by atoms with E-state index in [1.54, 1.807) is 5.57 Å². The Bertz CT molecular complexity index is 424. The number of rotatable bonds is 7. The summed E-state index contributed by atoms with van der Waals surface area (Å²) < 4.78 is 0. The topological polar surface area (TPSA) is 12.0 Å². The molecule has 0 bridgehead atoms. The van der Waals surface area contributed by atoms with Gasteiger partial charge in [-0.3, -0.25) is 0 Å². The SMILES string of the molecule is CCCNC/C(=C/c1ccc(CC)cc1)C1CCCCC1. The molecule has 0 heterocycles. The second-order valence-electron chi connectivity index (χ2n) is 6.33. The minimum atomic E-state index is 0.800. The van der Waals surface area contributed by atoms with E-state index in [1.165, 1.54) is 49.7 Å². The van der Waals surface area contributed by atoms with Gasteiger partial charge in [0.25, 0.3) is 0 Å². The van der Waals surface area contributed by atoms with E-state index in [1.807, 2.05) is 0 Å². The molecule has 1 aliphatic carbocycles. The van der Waals surface area contributed by atoms with E-state index in [9.17, 15) is 0 Å². The molecule has 1 aromatic carbocycles. The largest absolute Gasteiger partial charge is 0.313 e. The highest BCUT2D eigenvalue weighted by molar-refractivity contribution is 5.54. The molecule has 1 fully saturated rings. The van der Waals surface area contributed by atoms with Gasteiger partial charge in [-0.15, -0.1) is 0 Å². The molecule has 0 radical (unpaired) electrons. The van der Waals surface area contributed by atoms with Gasteiger partial charge >= 0.3 is 0 Å². The molecular formula is C20H31N. The second kappa shape index (κ2) is 9.04. The minimum absolute atomic E-state index is 0.800. The van der Waals surface area contributed by atoms with Crippen LogP contribution in [0.25, 0.3) is 6.08 Å². The summed E-state index contributed by atoms with van der Waals surface area (Å²) in [4.78, 5) is 0. The lowest BCUT2D eigenvalue weighted by molar-refractivity contribution is 0.396. The van der Waals surface area contributed by atoms with Crippen molar-refractivity contribution in [1.82, 2.24) is 5.32 Å². The van der Waals surface area contributed by atoms with E-state index in [2.05, 4.69) is 49.5 Å². The first-order valence-corrected chi connectivity index (χ1v) is 8.83. The molecule has 1 N–H and O–H groups in total. The highest BCUT2D eigenvalue weighted by atomic mass is 14.8. The molecule has 0 spiro atoms. The van der Waals surface area contributed by atoms with Gasteiger partial charge in [0.05, 0.1) is 0 Å². The van der Waals surface area contributed by atoms with Gasteiger partial charge in [-0.25, -0.2) is 0 Å². The normalized spacial score (nSPS) is 17.1. The monoisotopic (exact) mass is 285 g/mol. The molecule has 116 valence electrons. The van der Waals surface area contributed by atoms with Crippen molar-refractivity contribution in [3.63, 3.8) is 0 Å². The molecule has 0 amide bonds. The lowest BCUT2D eigenvalue weighted by Gasteiger charge is -2.25. The Balaban J connectivity index is 2.09. The maximum atomic E-state index is 3.61. The molecule has 1 aromatic rings. The first-order chi connectivity index (χ1) is 10.3. The standard InChI is InChI=1S/C20H31N/c1-3-14-21-16-20(19-8-6-5-7-9-19)15-18-12-10-17(4-2)11-13-18/h10-13,15,19,21H,3-9,14,16H2,1-2H3/b20-15-. The number of hydrogen-bond acceptors (Lipinski definition) is 1. The van der Waals surface area contributed by atoms with Crippen molar-refractivity contribution in [1.29, 1.82) is 0 Å². The van der Waals surface area contributed by atoms with Crippen molar-refractivity contribution in [2.24, 2.45) is 5.92 Å². The Morgan fingerprint density at radius 2 is 1.81 bits per heavy atom. The summed E-state index contributed by atoms with van der Waals surface area (Å²) >= 11 is 0. The summed E-state index contributed by atoms with van der Waals surface area (Å²) in [6.07, 6.45) is 11.8. The van der Waals surface area contributed by atoms with Gasteiger partial charge in [0, 0.05) is 6.54 Å². The van der Waals surface area contributed by atoms with Gasteiger partial charge in [-0.2, -0.15) is 0 Å². The predicted molar refractivity (Wildman–Crippen MR) is 93.5 cm³/mol. The molecule has 1 saturated carbocycles. The number of hydrogen-bond donors (Lipinski definition) is 1. The zero-order chi connectivity index (χ0) is 14.9. The van der Waals surface area contributed by atoms with E-state index in [0.29, 0.717) is 0 Å². The Kier molecular flexibility index (Phi) is 7.02. The van der Waals surface area contributed by atoms with Crippen LogP contribution in [0, 0.1) is 5.92 Å². The third-order valence-electron chi connectivity index (χ3n) is 4.63. The first-order valence-electron chi connectivity index (χ1n) is 8.83. The smallest absolute Gasteiger partial charge is 0.0170 e. The Morgan fingerprint density at radius 1 is 1.10 bits per heavy atom. The summed E-state index contributed by atoms with van der Waals surface area (Å²) in [5.74, 6) is 0.800. The van der Waals surface area contributed by atoms with Gasteiger partial charge in [0.15, 0.2) is 0 Å². The van der Waals surface area contributed by atoms with Crippen molar-refractivity contribution < 1.29 is 0 Å². The van der Waals surface area contributed by atoms with Gasteiger partial charge in [0.2, 0.25) is 0 Å². The first kappa shape index (κ1) is 16.3. The number of nitrogens with one attached hydrogen (secondary N) is 1. The fraction of sp³-hybridized carbons (Fsp3) is 0.600. The van der Waals surface area contributed by atoms with Crippen LogP contribution in [0.1, 0.15) is 63.5 Å². The summed E-state index contributed by atoms with van der Waals surface area (Å²) in [5.41, 5.74) is 4.41. The fourth-order valence-corrected chi connectivity index (χ4v) is 3.26. The van der Waals surface area contributed by atoms with Crippen LogP contribution in [0.15, 0.2) is 29.8 Å². The predicted octanol–water partition coefficient (Wildman–Crippen LogP) is 5.21. The summed E-state index contributed by atoms with van der Waals surface area (Å²) in [6.45, 7) is 6.64. The lowest BCUT2D eigenvalue weighted by atomic mass is 9.83. The van der Waals surface area contributed by atoms with Crippen molar-refractivity contribution in [2.75, 3.05) is 13.1 Å². The van der Waals surface area contributed by atoms with Crippen molar-refractivity contribution in [3.8, 4) is 0 Å².